The SMILES string of the molecule is O=C(NCc1cc(Br)c[nH]1)Nc1ccc(-c2ccn[nH]2)cc1. The number of hydrogen-bond acceptors (Lipinski definition) is 2. The molecule has 0 aliphatic rings. The molecule has 6 nitrogen and oxygen atoms in total. The quantitative estimate of drug-likeness (QED) is 0.574. The maximum absolute atomic E-state index is 11.8. The Morgan fingerprint density at radius 2 is 2.05 bits per heavy atom. The van der Waals surface area contributed by atoms with Crippen LogP contribution in [-0.2, 0) is 6.54 Å². The molecule has 2 amide bonds. The standard InChI is InChI=1S/C15H14BrN5O/c16-11-7-13(17-8-11)9-18-15(22)20-12-3-1-10(2-4-12)14-5-6-19-21-14/h1-8,17H,9H2,(H,19,21)(H2,18,20,22). The first-order chi connectivity index (χ1) is 10.7. The van der Waals surface area contributed by atoms with Crippen LogP contribution in [0.5, 0.6) is 0 Å². The minimum atomic E-state index is -0.250. The Hall–Kier alpha value is -2.54. The van der Waals surface area contributed by atoms with E-state index < -0.39 is 0 Å². The van der Waals surface area contributed by atoms with Crippen molar-refractivity contribution >= 4 is 27.6 Å². The molecule has 0 fully saturated rings. The van der Waals surface area contributed by atoms with Crippen molar-refractivity contribution in [2.75, 3.05) is 5.32 Å². The maximum atomic E-state index is 11.8. The summed E-state index contributed by atoms with van der Waals surface area (Å²) in [4.78, 5) is 14.9. The summed E-state index contributed by atoms with van der Waals surface area (Å²) in [5, 5.41) is 12.4. The fourth-order valence-electron chi connectivity index (χ4n) is 2.01. The highest BCUT2D eigenvalue weighted by atomic mass is 79.9. The van der Waals surface area contributed by atoms with Crippen molar-refractivity contribution in [3.05, 3.63) is 59.0 Å². The van der Waals surface area contributed by atoms with Gasteiger partial charge >= 0.3 is 6.03 Å². The normalized spacial score (nSPS) is 10.4. The molecule has 112 valence electrons. The highest BCUT2D eigenvalue weighted by Crippen LogP contribution is 2.18. The molecule has 7 heteroatoms. The number of benzene rings is 1. The van der Waals surface area contributed by atoms with Crippen LogP contribution < -0.4 is 10.6 Å². The van der Waals surface area contributed by atoms with Crippen molar-refractivity contribution in [3.63, 3.8) is 0 Å². The number of nitrogens with one attached hydrogen (secondary N) is 4. The van der Waals surface area contributed by atoms with Crippen LogP contribution in [0.4, 0.5) is 10.5 Å². The summed E-state index contributed by atoms with van der Waals surface area (Å²) < 4.78 is 0.958. The molecule has 2 heterocycles. The average Bonchev–Trinajstić information content (AvgIpc) is 3.17. The molecule has 3 rings (SSSR count). The number of carbonyl (C=O) groups is 1. The predicted octanol–water partition coefficient (Wildman–Crippen LogP) is 3.49. The zero-order valence-corrected chi connectivity index (χ0v) is 13.1. The summed E-state index contributed by atoms with van der Waals surface area (Å²) in [5.74, 6) is 0. The zero-order valence-electron chi connectivity index (χ0n) is 11.6. The molecular weight excluding hydrogens is 346 g/mol. The van der Waals surface area contributed by atoms with E-state index in [4.69, 9.17) is 0 Å². The lowest BCUT2D eigenvalue weighted by Crippen LogP contribution is -2.28. The molecule has 0 radical (unpaired) electrons. The van der Waals surface area contributed by atoms with Crippen LogP contribution in [0, 0.1) is 0 Å². The molecule has 1 aromatic carbocycles. The van der Waals surface area contributed by atoms with E-state index in [0.717, 1.165) is 27.1 Å². The molecule has 0 saturated carbocycles. The van der Waals surface area contributed by atoms with Gasteiger partial charge in [0.2, 0.25) is 0 Å². The molecule has 0 aliphatic carbocycles. The Balaban J connectivity index is 1.55. The fourth-order valence-corrected chi connectivity index (χ4v) is 2.40. The van der Waals surface area contributed by atoms with Crippen molar-refractivity contribution in [3.8, 4) is 11.3 Å². The Morgan fingerprint density at radius 1 is 1.23 bits per heavy atom. The van der Waals surface area contributed by atoms with Crippen molar-refractivity contribution < 1.29 is 4.79 Å². The maximum Gasteiger partial charge on any atom is 0.319 e. The van der Waals surface area contributed by atoms with E-state index in [2.05, 4.69) is 41.7 Å². The van der Waals surface area contributed by atoms with Gasteiger partial charge in [-0.3, -0.25) is 5.10 Å². The Kier molecular flexibility index (Phi) is 4.24. The molecule has 0 aliphatic heterocycles. The second-order valence-electron chi connectivity index (χ2n) is 4.70. The number of rotatable bonds is 4. The molecule has 0 bridgehead atoms. The third kappa shape index (κ3) is 3.56. The highest BCUT2D eigenvalue weighted by Gasteiger charge is 2.04. The second kappa shape index (κ2) is 6.48. The lowest BCUT2D eigenvalue weighted by Gasteiger charge is -2.07. The van der Waals surface area contributed by atoms with E-state index in [0.29, 0.717) is 6.54 Å². The van der Waals surface area contributed by atoms with E-state index in [1.807, 2.05) is 42.6 Å². The molecule has 3 aromatic rings. The van der Waals surface area contributed by atoms with Crippen molar-refractivity contribution in [2.24, 2.45) is 0 Å². The first kappa shape index (κ1) is 14.4. The highest BCUT2D eigenvalue weighted by molar-refractivity contribution is 9.10. The van der Waals surface area contributed by atoms with Gasteiger partial charge in [-0.05, 0) is 45.8 Å². The minimum Gasteiger partial charge on any atom is -0.362 e. The van der Waals surface area contributed by atoms with Gasteiger partial charge in [-0.2, -0.15) is 5.10 Å². The van der Waals surface area contributed by atoms with Crippen LogP contribution >= 0.6 is 15.9 Å². The summed E-state index contributed by atoms with van der Waals surface area (Å²) >= 11 is 3.35. The summed E-state index contributed by atoms with van der Waals surface area (Å²) in [6.45, 7) is 0.434. The molecular formula is C15H14BrN5O. The van der Waals surface area contributed by atoms with Crippen molar-refractivity contribution in [1.29, 1.82) is 0 Å². The number of aromatic nitrogens is 3. The molecule has 0 unspecified atom stereocenters. The van der Waals surface area contributed by atoms with E-state index in [1.54, 1.807) is 6.20 Å². The summed E-state index contributed by atoms with van der Waals surface area (Å²) in [6.07, 6.45) is 3.52. The monoisotopic (exact) mass is 359 g/mol. The lowest BCUT2D eigenvalue weighted by atomic mass is 10.1. The number of carbonyl (C=O) groups excluding carboxylic acids is 1. The Morgan fingerprint density at radius 3 is 2.68 bits per heavy atom. The van der Waals surface area contributed by atoms with Crippen LogP contribution in [0.25, 0.3) is 11.3 Å². The van der Waals surface area contributed by atoms with Crippen LogP contribution in [0.2, 0.25) is 0 Å². The van der Waals surface area contributed by atoms with Crippen molar-refractivity contribution in [2.45, 2.75) is 6.54 Å². The molecule has 4 N–H and O–H groups in total. The predicted molar refractivity (Wildman–Crippen MR) is 88.4 cm³/mol. The molecule has 0 saturated heterocycles. The van der Waals surface area contributed by atoms with Gasteiger partial charge < -0.3 is 15.6 Å². The largest absolute Gasteiger partial charge is 0.362 e. The van der Waals surface area contributed by atoms with Gasteiger partial charge in [0.1, 0.15) is 0 Å². The lowest BCUT2D eigenvalue weighted by molar-refractivity contribution is 0.251. The first-order valence-electron chi connectivity index (χ1n) is 6.68. The van der Waals surface area contributed by atoms with Crippen LogP contribution in [-0.4, -0.2) is 21.2 Å². The van der Waals surface area contributed by atoms with Gasteiger partial charge in [-0.15, -0.1) is 0 Å². The number of amides is 2. The van der Waals surface area contributed by atoms with Gasteiger partial charge in [0.25, 0.3) is 0 Å². The van der Waals surface area contributed by atoms with Gasteiger partial charge in [-0.25, -0.2) is 4.79 Å². The van der Waals surface area contributed by atoms with Gasteiger partial charge in [-0.1, -0.05) is 12.1 Å². The number of aromatic amines is 2. The minimum absolute atomic E-state index is 0.250. The first-order valence-corrected chi connectivity index (χ1v) is 7.47. The van der Waals surface area contributed by atoms with Gasteiger partial charge in [0, 0.05) is 28.2 Å². The van der Waals surface area contributed by atoms with E-state index >= 15 is 0 Å². The number of halogens is 1. The van der Waals surface area contributed by atoms with E-state index in [-0.39, 0.29) is 6.03 Å². The third-order valence-electron chi connectivity index (χ3n) is 3.10. The average molecular weight is 360 g/mol. The van der Waals surface area contributed by atoms with Crippen LogP contribution in [0.3, 0.4) is 0 Å². The van der Waals surface area contributed by atoms with E-state index in [1.165, 1.54) is 0 Å². The van der Waals surface area contributed by atoms with Gasteiger partial charge in [0.15, 0.2) is 0 Å². The van der Waals surface area contributed by atoms with Crippen LogP contribution in [0.1, 0.15) is 5.69 Å². The van der Waals surface area contributed by atoms with Crippen molar-refractivity contribution in [1.82, 2.24) is 20.5 Å². The summed E-state index contributed by atoms with van der Waals surface area (Å²) in [6, 6.07) is 11.1. The fraction of sp³-hybridized carbons (Fsp3) is 0.0667. The third-order valence-corrected chi connectivity index (χ3v) is 3.56. The molecule has 0 atom stereocenters. The summed E-state index contributed by atoms with van der Waals surface area (Å²) in [7, 11) is 0. The number of nitrogens with zero attached hydrogens (tertiary/aromatic N) is 1. The smallest absolute Gasteiger partial charge is 0.319 e. The molecule has 0 spiro atoms. The second-order valence-corrected chi connectivity index (χ2v) is 5.61. The number of hydrogen-bond donors (Lipinski definition) is 4. The van der Waals surface area contributed by atoms with Gasteiger partial charge in [0.05, 0.1) is 12.2 Å². The Labute approximate surface area is 135 Å². The Bertz CT molecular complexity index is 749. The number of anilines is 1. The van der Waals surface area contributed by atoms with E-state index in [9.17, 15) is 4.79 Å². The number of urea groups is 1. The summed E-state index contributed by atoms with van der Waals surface area (Å²) in [5.41, 5.74) is 3.61. The van der Waals surface area contributed by atoms with Crippen LogP contribution in [0.15, 0.2) is 53.3 Å². The molecule has 22 heavy (non-hydrogen) atoms. The zero-order chi connectivity index (χ0) is 15.4. The topological polar surface area (TPSA) is 85.6 Å². The number of H-pyrrole nitrogens is 2. The molecule has 2 aromatic heterocycles.